The van der Waals surface area contributed by atoms with E-state index < -0.39 is 22.1 Å². The van der Waals surface area contributed by atoms with E-state index in [9.17, 15) is 14.9 Å². The SMILES string of the molecule is CN(Cc1ccco1)c1cc(C(=O)O)c([N+](=O)[O-])cn1. The molecule has 2 heterocycles. The van der Waals surface area contributed by atoms with Gasteiger partial charge in [-0.2, -0.15) is 0 Å². The predicted molar refractivity (Wildman–Crippen MR) is 68.7 cm³/mol. The highest BCUT2D eigenvalue weighted by Gasteiger charge is 2.22. The molecule has 0 atom stereocenters. The van der Waals surface area contributed by atoms with E-state index in [4.69, 9.17) is 9.52 Å². The molecule has 0 aliphatic rings. The zero-order valence-electron chi connectivity index (χ0n) is 10.5. The highest BCUT2D eigenvalue weighted by atomic mass is 16.6. The Balaban J connectivity index is 2.31. The van der Waals surface area contributed by atoms with Crippen LogP contribution < -0.4 is 4.90 Å². The number of aromatic carboxylic acids is 1. The molecule has 0 saturated carbocycles. The number of carboxylic acid groups (broad SMARTS) is 1. The van der Waals surface area contributed by atoms with Crippen LogP contribution in [0.5, 0.6) is 0 Å². The highest BCUT2D eigenvalue weighted by molar-refractivity contribution is 5.93. The lowest BCUT2D eigenvalue weighted by atomic mass is 10.2. The van der Waals surface area contributed by atoms with Crippen molar-refractivity contribution in [3.63, 3.8) is 0 Å². The van der Waals surface area contributed by atoms with Crippen LogP contribution in [0.1, 0.15) is 16.1 Å². The Labute approximate surface area is 113 Å². The van der Waals surface area contributed by atoms with Crippen LogP contribution in [0.15, 0.2) is 35.1 Å². The van der Waals surface area contributed by atoms with Crippen LogP contribution in [0.2, 0.25) is 0 Å². The Morgan fingerprint density at radius 3 is 2.90 bits per heavy atom. The first-order valence-corrected chi connectivity index (χ1v) is 5.60. The maximum absolute atomic E-state index is 11.0. The van der Waals surface area contributed by atoms with E-state index in [2.05, 4.69) is 4.98 Å². The normalized spacial score (nSPS) is 10.2. The molecule has 0 unspecified atom stereocenters. The molecule has 0 saturated heterocycles. The molecule has 8 nitrogen and oxygen atoms in total. The fourth-order valence-corrected chi connectivity index (χ4v) is 1.68. The number of hydrogen-bond donors (Lipinski definition) is 1. The van der Waals surface area contributed by atoms with Crippen LogP contribution in [0.25, 0.3) is 0 Å². The van der Waals surface area contributed by atoms with Gasteiger partial charge < -0.3 is 14.4 Å². The molecule has 0 aromatic carbocycles. The van der Waals surface area contributed by atoms with Crippen molar-refractivity contribution in [2.24, 2.45) is 0 Å². The van der Waals surface area contributed by atoms with Crippen molar-refractivity contribution in [1.29, 1.82) is 0 Å². The third-order valence-corrected chi connectivity index (χ3v) is 2.66. The second kappa shape index (κ2) is 5.39. The highest BCUT2D eigenvalue weighted by Crippen LogP contribution is 2.22. The molecule has 0 fully saturated rings. The summed E-state index contributed by atoms with van der Waals surface area (Å²) in [5.74, 6) is -0.388. The molecule has 20 heavy (non-hydrogen) atoms. The minimum absolute atomic E-state index is 0.310. The van der Waals surface area contributed by atoms with Crippen LogP contribution in [-0.2, 0) is 6.54 Å². The summed E-state index contributed by atoms with van der Waals surface area (Å²) in [7, 11) is 1.68. The summed E-state index contributed by atoms with van der Waals surface area (Å²) < 4.78 is 5.17. The van der Waals surface area contributed by atoms with E-state index in [1.165, 1.54) is 12.3 Å². The molecule has 2 rings (SSSR count). The molecule has 1 N–H and O–H groups in total. The second-order valence-electron chi connectivity index (χ2n) is 4.06. The fourth-order valence-electron chi connectivity index (χ4n) is 1.68. The molecule has 2 aromatic rings. The summed E-state index contributed by atoms with van der Waals surface area (Å²) in [6, 6.07) is 4.67. The van der Waals surface area contributed by atoms with Crippen LogP contribution in [-0.4, -0.2) is 28.0 Å². The van der Waals surface area contributed by atoms with Crippen molar-refractivity contribution in [1.82, 2.24) is 4.98 Å². The number of nitrogens with zero attached hydrogens (tertiary/aromatic N) is 3. The standard InChI is InChI=1S/C12H11N3O5/c1-14(7-8-3-2-4-20-8)11-5-9(12(16)17)10(6-13-11)15(18)19/h2-6H,7H2,1H3,(H,16,17). The number of hydrogen-bond acceptors (Lipinski definition) is 6. The van der Waals surface area contributed by atoms with Gasteiger partial charge in [0.05, 0.1) is 17.7 Å². The molecule has 8 heteroatoms. The molecule has 0 radical (unpaired) electrons. The van der Waals surface area contributed by atoms with E-state index in [0.717, 1.165) is 6.20 Å². The van der Waals surface area contributed by atoms with E-state index in [1.54, 1.807) is 24.1 Å². The minimum atomic E-state index is -1.37. The number of carbonyl (C=O) groups is 1. The fraction of sp³-hybridized carbons (Fsp3) is 0.167. The van der Waals surface area contributed by atoms with E-state index >= 15 is 0 Å². The molecule has 0 spiro atoms. The number of rotatable bonds is 5. The first-order chi connectivity index (χ1) is 9.49. The number of nitro groups is 1. The summed E-state index contributed by atoms with van der Waals surface area (Å²) >= 11 is 0. The summed E-state index contributed by atoms with van der Waals surface area (Å²) in [5.41, 5.74) is -0.932. The summed E-state index contributed by atoms with van der Waals surface area (Å²) in [4.78, 5) is 26.6. The van der Waals surface area contributed by atoms with Crippen molar-refractivity contribution < 1.29 is 19.2 Å². The van der Waals surface area contributed by atoms with Crippen molar-refractivity contribution in [3.8, 4) is 0 Å². The van der Waals surface area contributed by atoms with Gasteiger partial charge in [-0.25, -0.2) is 9.78 Å². The Hall–Kier alpha value is -2.90. The molecule has 2 aromatic heterocycles. The first-order valence-electron chi connectivity index (χ1n) is 5.60. The molecular formula is C12H11N3O5. The monoisotopic (exact) mass is 277 g/mol. The van der Waals surface area contributed by atoms with Gasteiger partial charge in [0.25, 0.3) is 0 Å². The largest absolute Gasteiger partial charge is 0.477 e. The number of pyridine rings is 1. The number of carboxylic acids is 1. The first kappa shape index (κ1) is 13.5. The molecule has 0 aliphatic carbocycles. The molecule has 0 aliphatic heterocycles. The maximum atomic E-state index is 11.0. The average Bonchev–Trinajstić information content (AvgIpc) is 2.90. The van der Waals surface area contributed by atoms with Crippen LogP contribution in [0.3, 0.4) is 0 Å². The van der Waals surface area contributed by atoms with Gasteiger partial charge in [-0.1, -0.05) is 0 Å². The molecular weight excluding hydrogens is 266 g/mol. The lowest BCUT2D eigenvalue weighted by Gasteiger charge is -2.16. The second-order valence-corrected chi connectivity index (χ2v) is 4.06. The lowest BCUT2D eigenvalue weighted by Crippen LogP contribution is -2.18. The van der Waals surface area contributed by atoms with Crippen LogP contribution >= 0.6 is 0 Å². The topological polar surface area (TPSA) is 110 Å². The molecule has 0 bridgehead atoms. The number of furan rings is 1. The Morgan fingerprint density at radius 2 is 2.35 bits per heavy atom. The third-order valence-electron chi connectivity index (χ3n) is 2.66. The zero-order valence-corrected chi connectivity index (χ0v) is 10.5. The summed E-state index contributed by atoms with van der Waals surface area (Å²) in [6.07, 6.45) is 2.46. The quantitative estimate of drug-likeness (QED) is 0.656. The Morgan fingerprint density at radius 1 is 1.60 bits per heavy atom. The van der Waals surface area contributed by atoms with Gasteiger partial charge in [-0.05, 0) is 12.1 Å². The van der Waals surface area contributed by atoms with Crippen molar-refractivity contribution in [2.45, 2.75) is 6.54 Å². The Bertz CT molecular complexity index is 639. The van der Waals surface area contributed by atoms with E-state index in [0.29, 0.717) is 18.1 Å². The van der Waals surface area contributed by atoms with Gasteiger partial charge >= 0.3 is 11.7 Å². The van der Waals surface area contributed by atoms with E-state index in [-0.39, 0.29) is 0 Å². The lowest BCUT2D eigenvalue weighted by molar-refractivity contribution is -0.385. The summed E-state index contributed by atoms with van der Waals surface area (Å²) in [6.45, 7) is 0.372. The minimum Gasteiger partial charge on any atom is -0.477 e. The smallest absolute Gasteiger partial charge is 0.342 e. The predicted octanol–water partition coefficient (Wildman–Crippen LogP) is 1.92. The van der Waals surface area contributed by atoms with Crippen LogP contribution in [0.4, 0.5) is 11.5 Å². The average molecular weight is 277 g/mol. The Kier molecular flexibility index (Phi) is 3.65. The zero-order chi connectivity index (χ0) is 14.7. The van der Waals surface area contributed by atoms with Crippen molar-refractivity contribution in [3.05, 3.63) is 52.1 Å². The van der Waals surface area contributed by atoms with Crippen molar-refractivity contribution >= 4 is 17.5 Å². The van der Waals surface area contributed by atoms with Gasteiger partial charge in [0, 0.05) is 13.1 Å². The van der Waals surface area contributed by atoms with Gasteiger partial charge in [0.1, 0.15) is 23.3 Å². The maximum Gasteiger partial charge on any atom is 0.342 e. The third kappa shape index (κ3) is 2.74. The summed E-state index contributed by atoms with van der Waals surface area (Å²) in [5, 5.41) is 19.7. The van der Waals surface area contributed by atoms with Crippen LogP contribution in [0, 0.1) is 10.1 Å². The number of anilines is 1. The van der Waals surface area contributed by atoms with Gasteiger partial charge in [0.2, 0.25) is 0 Å². The molecule has 0 amide bonds. The van der Waals surface area contributed by atoms with Gasteiger partial charge in [-0.3, -0.25) is 10.1 Å². The molecule has 104 valence electrons. The van der Waals surface area contributed by atoms with E-state index in [1.807, 2.05) is 0 Å². The van der Waals surface area contributed by atoms with Gasteiger partial charge in [0.15, 0.2) is 0 Å². The van der Waals surface area contributed by atoms with Gasteiger partial charge in [-0.15, -0.1) is 0 Å². The number of aromatic nitrogens is 1. The van der Waals surface area contributed by atoms with Crippen molar-refractivity contribution in [2.75, 3.05) is 11.9 Å².